The minimum absolute atomic E-state index is 0.0330. The second-order valence-corrected chi connectivity index (χ2v) is 11.3. The van der Waals surface area contributed by atoms with Crippen molar-refractivity contribution in [2.75, 3.05) is 11.9 Å². The Bertz CT molecular complexity index is 1490. The number of hydrogen-bond acceptors (Lipinski definition) is 7. The number of rotatable bonds is 5. The lowest BCUT2D eigenvalue weighted by Crippen LogP contribution is -2.38. The highest BCUT2D eigenvalue weighted by molar-refractivity contribution is 7.12. The molecule has 2 fully saturated rings. The summed E-state index contributed by atoms with van der Waals surface area (Å²) in [7, 11) is 0. The van der Waals surface area contributed by atoms with Crippen molar-refractivity contribution < 1.29 is 0 Å². The third-order valence-corrected chi connectivity index (χ3v) is 8.01. The highest BCUT2D eigenvalue weighted by Crippen LogP contribution is 2.41. The monoisotopic (exact) mass is 473 g/mol. The molecule has 0 unspecified atom stereocenters. The fourth-order valence-corrected chi connectivity index (χ4v) is 5.95. The van der Waals surface area contributed by atoms with E-state index >= 15 is 0 Å². The second kappa shape index (κ2) is 7.23. The summed E-state index contributed by atoms with van der Waals surface area (Å²) in [6, 6.07) is 6.67. The maximum atomic E-state index is 13.3. The standard InChI is InChI=1S/C25H27N7OS/c1-25(2)13-26-10-15-9-16(5-8-19(15)25)28-23-27-11-18-21(30-23)32(31(22(18)33)17-6-7-17)24-29-20(12-34-24)14-3-4-14/h5,8-9,11-12,14,17,26H,3-4,6-7,10,13H2,1-2H3,(H,27,28,30). The first kappa shape index (κ1) is 20.3. The predicted octanol–water partition coefficient (Wildman–Crippen LogP) is 4.38. The number of aromatic nitrogens is 5. The molecule has 0 spiro atoms. The number of nitrogens with zero attached hydrogens (tertiary/aromatic N) is 5. The number of hydrogen-bond donors (Lipinski definition) is 2. The van der Waals surface area contributed by atoms with Crippen LogP contribution in [0.4, 0.5) is 11.6 Å². The van der Waals surface area contributed by atoms with Crippen molar-refractivity contribution in [1.29, 1.82) is 0 Å². The molecular formula is C25H27N7OS. The Kier molecular flexibility index (Phi) is 4.32. The Morgan fingerprint density at radius 3 is 2.82 bits per heavy atom. The molecule has 0 bridgehead atoms. The van der Waals surface area contributed by atoms with Gasteiger partial charge in [-0.2, -0.15) is 4.98 Å². The molecule has 7 rings (SSSR count). The smallest absolute Gasteiger partial charge is 0.278 e. The zero-order valence-corrected chi connectivity index (χ0v) is 20.2. The van der Waals surface area contributed by atoms with E-state index in [0.29, 0.717) is 22.9 Å². The van der Waals surface area contributed by atoms with Gasteiger partial charge in [-0.05, 0) is 48.9 Å². The van der Waals surface area contributed by atoms with E-state index in [2.05, 4.69) is 53.0 Å². The summed E-state index contributed by atoms with van der Waals surface area (Å²) in [6.45, 7) is 6.35. The van der Waals surface area contributed by atoms with Crippen molar-refractivity contribution in [3.63, 3.8) is 0 Å². The van der Waals surface area contributed by atoms with Gasteiger partial charge in [-0.1, -0.05) is 19.9 Å². The molecule has 3 aliphatic rings. The third kappa shape index (κ3) is 3.29. The Labute approximate surface area is 201 Å². The average Bonchev–Trinajstić information content (AvgIpc) is 3.75. The SMILES string of the molecule is CC1(C)CNCc2cc(Nc3ncc4c(=O)n(C5CC5)n(-c5nc(C6CC6)cs5)c4n3)ccc21. The van der Waals surface area contributed by atoms with Crippen molar-refractivity contribution >= 4 is 34.0 Å². The number of anilines is 2. The largest absolute Gasteiger partial charge is 0.324 e. The summed E-state index contributed by atoms with van der Waals surface area (Å²) >= 11 is 1.59. The molecule has 2 aliphatic carbocycles. The lowest BCUT2D eigenvalue weighted by atomic mass is 9.79. The lowest BCUT2D eigenvalue weighted by molar-refractivity contribution is 0.435. The summed E-state index contributed by atoms with van der Waals surface area (Å²) in [5.74, 6) is 1.06. The van der Waals surface area contributed by atoms with Gasteiger partial charge >= 0.3 is 0 Å². The number of benzene rings is 1. The van der Waals surface area contributed by atoms with Crippen molar-refractivity contribution in [2.45, 2.75) is 63.5 Å². The highest BCUT2D eigenvalue weighted by atomic mass is 32.1. The Morgan fingerprint density at radius 2 is 2.03 bits per heavy atom. The minimum Gasteiger partial charge on any atom is -0.324 e. The molecule has 174 valence electrons. The van der Waals surface area contributed by atoms with Gasteiger partial charge in [0.1, 0.15) is 5.39 Å². The van der Waals surface area contributed by atoms with Crippen molar-refractivity contribution in [2.24, 2.45) is 0 Å². The van der Waals surface area contributed by atoms with Crippen LogP contribution >= 0.6 is 11.3 Å². The van der Waals surface area contributed by atoms with E-state index in [1.165, 1.54) is 24.0 Å². The van der Waals surface area contributed by atoms with Crippen LogP contribution in [0.15, 0.2) is 34.6 Å². The zero-order chi connectivity index (χ0) is 23.0. The van der Waals surface area contributed by atoms with Gasteiger partial charge in [-0.25, -0.2) is 19.3 Å². The average molecular weight is 474 g/mol. The van der Waals surface area contributed by atoms with Crippen LogP contribution in [0, 0.1) is 0 Å². The molecule has 8 nitrogen and oxygen atoms in total. The highest BCUT2D eigenvalue weighted by Gasteiger charge is 2.33. The maximum Gasteiger partial charge on any atom is 0.278 e. The Morgan fingerprint density at radius 1 is 1.18 bits per heavy atom. The van der Waals surface area contributed by atoms with Gasteiger partial charge in [0.25, 0.3) is 5.56 Å². The fourth-order valence-electron chi connectivity index (χ4n) is 5.04. The molecule has 1 aliphatic heterocycles. The molecule has 4 aromatic rings. The quantitative estimate of drug-likeness (QED) is 0.447. The minimum atomic E-state index is -0.0330. The molecule has 2 saturated carbocycles. The maximum absolute atomic E-state index is 13.3. The number of nitrogens with one attached hydrogen (secondary N) is 2. The van der Waals surface area contributed by atoms with Gasteiger partial charge in [-0.15, -0.1) is 11.3 Å². The van der Waals surface area contributed by atoms with Crippen molar-refractivity contribution in [3.05, 3.63) is 57.0 Å². The van der Waals surface area contributed by atoms with E-state index < -0.39 is 0 Å². The first-order valence-electron chi connectivity index (χ1n) is 12.1. The van der Waals surface area contributed by atoms with Crippen LogP contribution in [-0.4, -0.2) is 30.9 Å². The van der Waals surface area contributed by atoms with Crippen LogP contribution in [0.25, 0.3) is 16.2 Å². The number of thiazole rings is 1. The lowest BCUT2D eigenvalue weighted by Gasteiger charge is -2.33. The van der Waals surface area contributed by atoms with Crippen LogP contribution in [0.2, 0.25) is 0 Å². The van der Waals surface area contributed by atoms with Gasteiger partial charge < -0.3 is 10.6 Å². The first-order valence-corrected chi connectivity index (χ1v) is 12.9. The fraction of sp³-hybridized carbons (Fsp3) is 0.440. The summed E-state index contributed by atoms with van der Waals surface area (Å²) in [5.41, 5.74) is 5.43. The second-order valence-electron chi connectivity index (χ2n) is 10.4. The van der Waals surface area contributed by atoms with E-state index in [9.17, 15) is 4.79 Å². The predicted molar refractivity (Wildman–Crippen MR) is 134 cm³/mol. The topological polar surface area (TPSA) is 89.7 Å². The Balaban J connectivity index is 1.30. The first-order chi connectivity index (χ1) is 16.5. The Hall–Kier alpha value is -3.04. The summed E-state index contributed by atoms with van der Waals surface area (Å²) < 4.78 is 3.77. The number of fused-ring (bicyclic) bond motifs is 2. The van der Waals surface area contributed by atoms with E-state index in [1.54, 1.807) is 17.5 Å². The van der Waals surface area contributed by atoms with Crippen LogP contribution in [0.5, 0.6) is 0 Å². The van der Waals surface area contributed by atoms with E-state index in [-0.39, 0.29) is 17.0 Å². The van der Waals surface area contributed by atoms with Crippen LogP contribution in [-0.2, 0) is 12.0 Å². The molecule has 1 aromatic carbocycles. The normalized spacial score (nSPS) is 19.4. The zero-order valence-electron chi connectivity index (χ0n) is 19.3. The molecule has 4 heterocycles. The van der Waals surface area contributed by atoms with Gasteiger partial charge in [0, 0.05) is 41.7 Å². The molecule has 0 saturated heterocycles. The van der Waals surface area contributed by atoms with Crippen LogP contribution in [0.1, 0.15) is 68.3 Å². The van der Waals surface area contributed by atoms with Crippen LogP contribution in [0.3, 0.4) is 0 Å². The van der Waals surface area contributed by atoms with Crippen molar-refractivity contribution in [1.82, 2.24) is 29.6 Å². The summed E-state index contributed by atoms with van der Waals surface area (Å²) in [4.78, 5) is 27.5. The van der Waals surface area contributed by atoms with Crippen LogP contribution < -0.4 is 16.2 Å². The van der Waals surface area contributed by atoms with Gasteiger partial charge in [-0.3, -0.25) is 4.79 Å². The summed E-state index contributed by atoms with van der Waals surface area (Å²) in [5, 5.41) is 10.4. The van der Waals surface area contributed by atoms with Gasteiger partial charge in [0.05, 0.1) is 11.7 Å². The van der Waals surface area contributed by atoms with E-state index in [1.807, 2.05) is 9.36 Å². The molecule has 2 N–H and O–H groups in total. The van der Waals surface area contributed by atoms with Gasteiger partial charge in [0.15, 0.2) is 5.65 Å². The third-order valence-electron chi connectivity index (χ3n) is 7.18. The molecule has 0 atom stereocenters. The molecule has 34 heavy (non-hydrogen) atoms. The molecule has 0 amide bonds. The summed E-state index contributed by atoms with van der Waals surface area (Å²) in [6.07, 6.45) is 6.08. The van der Waals surface area contributed by atoms with Gasteiger partial charge in [0.2, 0.25) is 11.1 Å². The van der Waals surface area contributed by atoms with E-state index in [4.69, 9.17) is 9.97 Å². The molecule has 9 heteroatoms. The molecular weight excluding hydrogens is 446 g/mol. The molecule has 3 aromatic heterocycles. The molecule has 0 radical (unpaired) electrons. The van der Waals surface area contributed by atoms with Crippen molar-refractivity contribution in [3.8, 4) is 5.13 Å². The van der Waals surface area contributed by atoms with E-state index in [0.717, 1.165) is 42.4 Å².